The molecule has 63 heavy (non-hydrogen) atoms. The highest BCUT2D eigenvalue weighted by atomic mass is 35.5. The molecule has 0 radical (unpaired) electrons. The van der Waals surface area contributed by atoms with Gasteiger partial charge in [0, 0.05) is 46.5 Å². The Kier molecular flexibility index (Phi) is 9.39. The second kappa shape index (κ2) is 14.7. The summed E-state index contributed by atoms with van der Waals surface area (Å²) in [4.78, 5) is 73.8. The van der Waals surface area contributed by atoms with E-state index in [-0.39, 0.29) is 42.3 Å². The Hall–Kier alpha value is -6.77. The van der Waals surface area contributed by atoms with Gasteiger partial charge in [0.05, 0.1) is 33.7 Å². The van der Waals surface area contributed by atoms with E-state index in [1.54, 1.807) is 32.2 Å². The number of benzene rings is 4. The number of aromatic carboxylic acids is 1. The number of hydrogen-bond acceptors (Lipinski definition) is 10. The number of anilines is 2. The summed E-state index contributed by atoms with van der Waals surface area (Å²) in [6, 6.07) is 25.3. The van der Waals surface area contributed by atoms with Crippen molar-refractivity contribution in [2.45, 2.75) is 39.2 Å². The van der Waals surface area contributed by atoms with Gasteiger partial charge < -0.3 is 20.1 Å². The summed E-state index contributed by atoms with van der Waals surface area (Å²) in [5, 5.41) is 38.3. The first kappa shape index (κ1) is 40.3. The molecule has 1 saturated carbocycles. The van der Waals surface area contributed by atoms with Gasteiger partial charge >= 0.3 is 5.97 Å². The second-order valence-electron chi connectivity index (χ2n) is 16.9. The number of imide groups is 2. The van der Waals surface area contributed by atoms with Crippen LogP contribution in [-0.4, -0.2) is 54.7 Å². The number of amides is 4. The largest absolute Gasteiger partial charge is 0.508 e. The Morgan fingerprint density at radius 1 is 0.905 bits per heavy atom. The number of aromatic hydroxyl groups is 2. The van der Waals surface area contributed by atoms with Crippen LogP contribution in [0.15, 0.2) is 103 Å². The van der Waals surface area contributed by atoms with E-state index in [1.807, 2.05) is 61.5 Å². The van der Waals surface area contributed by atoms with Gasteiger partial charge in [0.15, 0.2) is 0 Å². The van der Waals surface area contributed by atoms with Crippen molar-refractivity contribution in [2.75, 3.05) is 9.80 Å². The minimum atomic E-state index is -1.46. The van der Waals surface area contributed by atoms with Crippen molar-refractivity contribution in [3.63, 3.8) is 0 Å². The quantitative estimate of drug-likeness (QED) is 0.0993. The molecule has 15 heteroatoms. The minimum Gasteiger partial charge on any atom is -0.508 e. The normalized spacial score (nSPS) is 24.1. The van der Waals surface area contributed by atoms with E-state index in [0.717, 1.165) is 43.1 Å². The van der Waals surface area contributed by atoms with Crippen LogP contribution in [0.2, 0.25) is 5.02 Å². The summed E-state index contributed by atoms with van der Waals surface area (Å²) >= 11 is 7.86. The predicted octanol–water partition coefficient (Wildman–Crippen LogP) is 8.39. The van der Waals surface area contributed by atoms with E-state index >= 15 is 9.59 Å². The van der Waals surface area contributed by atoms with E-state index in [0.29, 0.717) is 27.6 Å². The number of thiophene rings is 1. The average molecular weight is 883 g/mol. The van der Waals surface area contributed by atoms with Crippen LogP contribution in [0.4, 0.5) is 11.5 Å². The highest BCUT2D eigenvalue weighted by molar-refractivity contribution is 7.22. The molecule has 2 saturated heterocycles. The number of fused-ring (bicyclic) bond motifs is 5. The molecule has 6 aromatic rings. The van der Waals surface area contributed by atoms with E-state index in [2.05, 4.69) is 0 Å². The topological polar surface area (TPSA) is 180 Å². The van der Waals surface area contributed by atoms with Gasteiger partial charge in [-0.2, -0.15) is 5.10 Å². The van der Waals surface area contributed by atoms with Crippen LogP contribution >= 0.6 is 22.9 Å². The maximum atomic E-state index is 15.3. The van der Waals surface area contributed by atoms with E-state index in [9.17, 15) is 29.7 Å². The van der Waals surface area contributed by atoms with Gasteiger partial charge in [-0.25, -0.2) is 14.6 Å². The molecule has 3 N–H and O–H groups in total. The average Bonchev–Trinajstić information content (AvgIpc) is 3.93. The van der Waals surface area contributed by atoms with E-state index in [1.165, 1.54) is 33.1 Å². The third-order valence-electron chi connectivity index (χ3n) is 13.5. The number of nitrogens with zero attached hydrogens (tertiary/aromatic N) is 4. The van der Waals surface area contributed by atoms with Gasteiger partial charge in [0.25, 0.3) is 0 Å². The monoisotopic (exact) mass is 882 g/mol. The molecule has 6 atom stereocenters. The SMILES string of the molecule is Cc1c(-c2cc(N3C(=O)C4CC5C(=CCC6C(=O)N(c7ccc(C(=O)O)c(O)c7)C(=O)C65)C(c5ccc(OCc6ccccc6)cc5O)C4(C)C3=O)n(C)n2)sc2ccc(Cl)cc12. The van der Waals surface area contributed by atoms with Crippen molar-refractivity contribution < 1.29 is 44.0 Å². The number of carboxylic acids is 1. The number of carboxylic acid groups (broad SMARTS) is 1. The second-order valence-corrected chi connectivity index (χ2v) is 18.4. The number of aryl methyl sites for hydroxylation is 2. The van der Waals surface area contributed by atoms with Crippen LogP contribution in [0.3, 0.4) is 0 Å². The standard InChI is InChI=1S/C48H39ClN4O9S/c1-23-32-17-25(49)9-16-38(32)63-42(23)35-21-39(51(3)50-35)53-44(57)34-20-33-28(14-15-31-40(33)45(58)52(43(31)56)26-10-12-30(46(59)60)36(54)18-26)41(48(34,2)47(53)61)29-13-11-27(19-37(29)55)62-22-24-7-5-4-6-8-24/h4-14,16-19,21,31,33-34,40-41,54-55H,15,20,22H2,1-3H3,(H,59,60). The molecule has 3 fully saturated rings. The van der Waals surface area contributed by atoms with Crippen LogP contribution < -0.4 is 14.5 Å². The Balaban J connectivity index is 1.06. The Bertz CT molecular complexity index is 3010. The Labute approximate surface area is 369 Å². The number of carbonyl (C=O) groups excluding carboxylic acids is 4. The molecule has 4 amide bonds. The minimum absolute atomic E-state index is 0.0201. The van der Waals surface area contributed by atoms with Gasteiger partial charge in [-0.3, -0.25) is 23.9 Å². The van der Waals surface area contributed by atoms with Gasteiger partial charge in [0.1, 0.15) is 40.9 Å². The number of carbonyl (C=O) groups is 5. The number of rotatable bonds is 8. The molecule has 2 aromatic heterocycles. The van der Waals surface area contributed by atoms with Crippen molar-refractivity contribution in [2.24, 2.45) is 36.1 Å². The lowest BCUT2D eigenvalue weighted by Gasteiger charge is -2.49. The van der Waals surface area contributed by atoms with Crippen LogP contribution in [-0.2, 0) is 32.8 Å². The molecule has 4 aliphatic rings. The van der Waals surface area contributed by atoms with Crippen LogP contribution in [0.1, 0.15) is 52.7 Å². The zero-order chi connectivity index (χ0) is 44.2. The molecule has 2 aliphatic heterocycles. The van der Waals surface area contributed by atoms with E-state index in [4.69, 9.17) is 21.4 Å². The number of ether oxygens (including phenoxy) is 1. The summed E-state index contributed by atoms with van der Waals surface area (Å²) in [5.74, 6) is -7.97. The summed E-state index contributed by atoms with van der Waals surface area (Å²) in [5.41, 5.74) is 1.64. The zero-order valence-electron chi connectivity index (χ0n) is 34.1. The fraction of sp³-hybridized carbons (Fsp3) is 0.250. The molecular weight excluding hydrogens is 844 g/mol. The lowest BCUT2D eigenvalue weighted by atomic mass is 9.51. The van der Waals surface area contributed by atoms with Gasteiger partial charge in [-0.1, -0.05) is 59.6 Å². The smallest absolute Gasteiger partial charge is 0.339 e. The fourth-order valence-electron chi connectivity index (χ4n) is 10.5. The van der Waals surface area contributed by atoms with E-state index < -0.39 is 70.4 Å². The molecular formula is C48H39ClN4O9S. The predicted molar refractivity (Wildman–Crippen MR) is 235 cm³/mol. The Morgan fingerprint density at radius 2 is 1.68 bits per heavy atom. The summed E-state index contributed by atoms with van der Waals surface area (Å²) in [7, 11) is 1.67. The lowest BCUT2D eigenvalue weighted by molar-refractivity contribution is -0.131. The maximum absolute atomic E-state index is 15.3. The van der Waals surface area contributed by atoms with Crippen molar-refractivity contribution in [1.82, 2.24) is 9.78 Å². The third-order valence-corrected chi connectivity index (χ3v) is 15.1. The fourth-order valence-corrected chi connectivity index (χ4v) is 11.8. The molecule has 0 spiro atoms. The van der Waals surface area contributed by atoms with Crippen molar-refractivity contribution in [3.8, 4) is 27.8 Å². The van der Waals surface area contributed by atoms with Crippen molar-refractivity contribution in [1.29, 1.82) is 0 Å². The van der Waals surface area contributed by atoms with Crippen LogP contribution in [0, 0.1) is 36.0 Å². The number of halogens is 1. The number of allylic oxidation sites excluding steroid dienone is 2. The summed E-state index contributed by atoms with van der Waals surface area (Å²) in [6.45, 7) is 3.96. The molecule has 10 rings (SSSR count). The van der Waals surface area contributed by atoms with Crippen molar-refractivity contribution in [3.05, 3.63) is 130 Å². The molecule has 6 unspecified atom stereocenters. The lowest BCUT2D eigenvalue weighted by Crippen LogP contribution is -2.49. The maximum Gasteiger partial charge on any atom is 0.339 e. The third kappa shape index (κ3) is 6.10. The molecule has 13 nitrogen and oxygen atoms in total. The summed E-state index contributed by atoms with van der Waals surface area (Å²) in [6.07, 6.45) is 2.05. The first-order valence-corrected chi connectivity index (χ1v) is 21.6. The van der Waals surface area contributed by atoms with Crippen molar-refractivity contribution >= 4 is 74.1 Å². The van der Waals surface area contributed by atoms with Gasteiger partial charge in [-0.05, 0) is 85.5 Å². The van der Waals surface area contributed by atoms with Crippen LogP contribution in [0.5, 0.6) is 17.2 Å². The number of phenols is 2. The number of aromatic nitrogens is 2. The Morgan fingerprint density at radius 3 is 2.41 bits per heavy atom. The molecule has 318 valence electrons. The zero-order valence-corrected chi connectivity index (χ0v) is 35.7. The molecule has 4 aromatic carbocycles. The highest BCUT2D eigenvalue weighted by Gasteiger charge is 2.68. The highest BCUT2D eigenvalue weighted by Crippen LogP contribution is 2.65. The molecule has 4 heterocycles. The van der Waals surface area contributed by atoms with Gasteiger partial charge in [0.2, 0.25) is 23.6 Å². The summed E-state index contributed by atoms with van der Waals surface area (Å²) < 4.78 is 8.56. The first-order chi connectivity index (χ1) is 30.2. The first-order valence-electron chi connectivity index (χ1n) is 20.4. The van der Waals surface area contributed by atoms with Crippen LogP contribution in [0.25, 0.3) is 20.7 Å². The number of hydrogen-bond donors (Lipinski definition) is 3. The number of phenolic OH excluding ortho intramolecular Hbond substituents is 1. The molecule has 0 bridgehead atoms. The van der Waals surface area contributed by atoms with Gasteiger partial charge in [-0.15, -0.1) is 11.3 Å². The molecule has 2 aliphatic carbocycles.